The van der Waals surface area contributed by atoms with Crippen molar-refractivity contribution in [3.63, 3.8) is 0 Å². The largest absolute Gasteiger partial charge is 0.481 e. The molecule has 0 aliphatic heterocycles. The third kappa shape index (κ3) is 2.76. The van der Waals surface area contributed by atoms with Gasteiger partial charge < -0.3 is 10.8 Å². The quantitative estimate of drug-likeness (QED) is 0.799. The molecule has 3 N–H and O–H groups in total. The molecule has 0 amide bonds. The Bertz CT molecular complexity index is 360. The zero-order chi connectivity index (χ0) is 10.8. The molecule has 15 heavy (non-hydrogen) atoms. The number of rotatable bonds is 5. The molecule has 0 saturated heterocycles. The molecule has 4 nitrogen and oxygen atoms in total. The number of carbonyl (C=O) groups is 1. The van der Waals surface area contributed by atoms with Crippen LogP contribution in [0.2, 0.25) is 0 Å². The summed E-state index contributed by atoms with van der Waals surface area (Å²) in [6.45, 7) is 0. The summed E-state index contributed by atoms with van der Waals surface area (Å²) in [5.74, 6) is -0.181. The van der Waals surface area contributed by atoms with Gasteiger partial charge in [0.1, 0.15) is 5.01 Å². The summed E-state index contributed by atoms with van der Waals surface area (Å²) in [5.41, 5.74) is 6.86. The van der Waals surface area contributed by atoms with Gasteiger partial charge in [0.05, 0.1) is 18.2 Å². The average molecular weight is 226 g/mol. The number of hydrogen-bond donors (Lipinski definition) is 2. The number of hydrogen-bond acceptors (Lipinski definition) is 4. The first kappa shape index (κ1) is 10.6. The van der Waals surface area contributed by atoms with Crippen LogP contribution in [0.3, 0.4) is 0 Å². The van der Waals surface area contributed by atoms with Gasteiger partial charge in [0.2, 0.25) is 0 Å². The molecule has 1 aliphatic rings. The third-order valence-electron chi connectivity index (χ3n) is 2.58. The molecule has 82 valence electrons. The van der Waals surface area contributed by atoms with Crippen molar-refractivity contribution in [3.8, 4) is 0 Å². The molecular weight excluding hydrogens is 212 g/mol. The van der Waals surface area contributed by atoms with Crippen molar-refractivity contribution in [1.82, 2.24) is 4.98 Å². The second-order valence-electron chi connectivity index (χ2n) is 3.93. The van der Waals surface area contributed by atoms with Crippen molar-refractivity contribution in [2.75, 3.05) is 0 Å². The van der Waals surface area contributed by atoms with Crippen molar-refractivity contribution in [2.45, 2.75) is 31.7 Å². The van der Waals surface area contributed by atoms with Crippen molar-refractivity contribution >= 4 is 17.3 Å². The zero-order valence-electron chi connectivity index (χ0n) is 8.35. The Hall–Kier alpha value is -0.940. The normalized spacial score (nSPS) is 17.7. The van der Waals surface area contributed by atoms with Gasteiger partial charge in [0.15, 0.2) is 0 Å². The lowest BCUT2D eigenvalue weighted by Crippen LogP contribution is -2.12. The van der Waals surface area contributed by atoms with E-state index in [0.717, 1.165) is 10.7 Å². The smallest absolute Gasteiger partial charge is 0.303 e. The van der Waals surface area contributed by atoms with E-state index < -0.39 is 5.97 Å². The molecule has 5 heteroatoms. The number of nitrogens with two attached hydrogens (primary N) is 1. The number of carboxylic acid groups (broad SMARTS) is 1. The van der Waals surface area contributed by atoms with E-state index in [1.807, 2.05) is 5.38 Å². The highest BCUT2D eigenvalue weighted by molar-refractivity contribution is 7.09. The summed E-state index contributed by atoms with van der Waals surface area (Å²) in [4.78, 5) is 14.8. The second-order valence-corrected chi connectivity index (χ2v) is 4.82. The number of aromatic nitrogens is 1. The fourth-order valence-corrected chi connectivity index (χ4v) is 2.43. The lowest BCUT2D eigenvalue weighted by Gasteiger charge is -2.04. The van der Waals surface area contributed by atoms with E-state index in [4.69, 9.17) is 10.8 Å². The summed E-state index contributed by atoms with van der Waals surface area (Å²) >= 11 is 1.55. The molecule has 2 rings (SSSR count). The van der Waals surface area contributed by atoms with Gasteiger partial charge in [-0.15, -0.1) is 11.3 Å². The minimum Gasteiger partial charge on any atom is -0.481 e. The van der Waals surface area contributed by atoms with E-state index in [-0.39, 0.29) is 12.5 Å². The molecule has 1 aromatic heterocycles. The van der Waals surface area contributed by atoms with Gasteiger partial charge in [-0.05, 0) is 18.8 Å². The summed E-state index contributed by atoms with van der Waals surface area (Å²) in [5, 5.41) is 11.4. The molecule has 0 spiro atoms. The lowest BCUT2D eigenvalue weighted by atomic mass is 10.2. The lowest BCUT2D eigenvalue weighted by molar-refractivity contribution is -0.136. The molecule has 0 bridgehead atoms. The molecule has 1 unspecified atom stereocenters. The molecule has 1 aromatic rings. The fraction of sp³-hybridized carbons (Fsp3) is 0.600. The highest BCUT2D eigenvalue weighted by atomic mass is 32.1. The molecular formula is C10H14N2O2S. The predicted octanol–water partition coefficient (Wildman–Crippen LogP) is 1.57. The second kappa shape index (κ2) is 4.28. The standard InChI is InChI=1S/C10H14N2O2S/c11-9(6-1-2-6)10-12-7(5-15-10)3-4-8(13)14/h5-6,9H,1-4,11H2,(H,13,14). The van der Waals surface area contributed by atoms with Crippen LogP contribution < -0.4 is 5.73 Å². The highest BCUT2D eigenvalue weighted by Gasteiger charge is 2.31. The monoisotopic (exact) mass is 226 g/mol. The average Bonchev–Trinajstić information content (AvgIpc) is 2.93. The Morgan fingerprint density at radius 2 is 2.47 bits per heavy atom. The number of thiazole rings is 1. The van der Waals surface area contributed by atoms with Crippen LogP contribution in [0.15, 0.2) is 5.38 Å². The molecule has 1 atom stereocenters. The van der Waals surface area contributed by atoms with E-state index in [9.17, 15) is 4.79 Å². The molecule has 0 aromatic carbocycles. The maximum absolute atomic E-state index is 10.4. The summed E-state index contributed by atoms with van der Waals surface area (Å²) in [6, 6.07) is 0.0635. The molecule has 1 fully saturated rings. The minimum atomic E-state index is -0.781. The molecule has 1 heterocycles. The SMILES string of the molecule is NC(c1nc(CCC(=O)O)cs1)C1CC1. The first-order valence-corrected chi connectivity index (χ1v) is 5.96. The van der Waals surface area contributed by atoms with Gasteiger partial charge in [-0.3, -0.25) is 4.79 Å². The van der Waals surface area contributed by atoms with Crippen molar-refractivity contribution in [3.05, 3.63) is 16.1 Å². The van der Waals surface area contributed by atoms with Crippen molar-refractivity contribution in [2.24, 2.45) is 11.7 Å². The van der Waals surface area contributed by atoms with Gasteiger partial charge in [-0.2, -0.15) is 0 Å². The highest BCUT2D eigenvalue weighted by Crippen LogP contribution is 2.40. The number of carboxylic acids is 1. The van der Waals surface area contributed by atoms with Crippen LogP contribution >= 0.6 is 11.3 Å². The van der Waals surface area contributed by atoms with Crippen molar-refractivity contribution < 1.29 is 9.90 Å². The van der Waals surface area contributed by atoms with Crippen molar-refractivity contribution in [1.29, 1.82) is 0 Å². The Labute approximate surface area is 92.1 Å². The zero-order valence-corrected chi connectivity index (χ0v) is 9.17. The predicted molar refractivity (Wildman–Crippen MR) is 57.7 cm³/mol. The van der Waals surface area contributed by atoms with Gasteiger partial charge in [0, 0.05) is 11.8 Å². The van der Waals surface area contributed by atoms with Crippen LogP contribution in [-0.2, 0) is 11.2 Å². The first-order chi connectivity index (χ1) is 7.16. The topological polar surface area (TPSA) is 76.2 Å². The fourth-order valence-electron chi connectivity index (χ4n) is 1.48. The molecule has 1 aliphatic carbocycles. The number of aliphatic carboxylic acids is 1. The van der Waals surface area contributed by atoms with Gasteiger partial charge >= 0.3 is 5.97 Å². The van der Waals surface area contributed by atoms with E-state index in [2.05, 4.69) is 4.98 Å². The Balaban J connectivity index is 1.93. The van der Waals surface area contributed by atoms with E-state index in [0.29, 0.717) is 12.3 Å². The Morgan fingerprint density at radius 3 is 3.07 bits per heavy atom. The Morgan fingerprint density at radius 1 is 1.73 bits per heavy atom. The van der Waals surface area contributed by atoms with E-state index in [1.54, 1.807) is 11.3 Å². The van der Waals surface area contributed by atoms with Gasteiger partial charge in [0.25, 0.3) is 0 Å². The summed E-state index contributed by atoms with van der Waals surface area (Å²) in [6.07, 6.45) is 3.04. The van der Waals surface area contributed by atoms with Crippen LogP contribution in [0.4, 0.5) is 0 Å². The number of aryl methyl sites for hydroxylation is 1. The third-order valence-corrected chi connectivity index (χ3v) is 3.57. The Kier molecular flexibility index (Phi) is 3.02. The maximum atomic E-state index is 10.4. The number of nitrogens with zero attached hydrogens (tertiary/aromatic N) is 1. The first-order valence-electron chi connectivity index (χ1n) is 5.08. The van der Waals surface area contributed by atoms with Crippen LogP contribution in [0.5, 0.6) is 0 Å². The van der Waals surface area contributed by atoms with E-state index in [1.165, 1.54) is 12.8 Å². The van der Waals surface area contributed by atoms with E-state index >= 15 is 0 Å². The van der Waals surface area contributed by atoms with Crippen LogP contribution in [0.1, 0.15) is 36.0 Å². The van der Waals surface area contributed by atoms with Gasteiger partial charge in [-0.25, -0.2) is 4.98 Å². The maximum Gasteiger partial charge on any atom is 0.303 e. The summed E-state index contributed by atoms with van der Waals surface area (Å²) < 4.78 is 0. The summed E-state index contributed by atoms with van der Waals surface area (Å²) in [7, 11) is 0. The van der Waals surface area contributed by atoms with Gasteiger partial charge in [-0.1, -0.05) is 0 Å². The molecule has 1 saturated carbocycles. The van der Waals surface area contributed by atoms with Crippen LogP contribution in [0.25, 0.3) is 0 Å². The van der Waals surface area contributed by atoms with Crippen LogP contribution in [-0.4, -0.2) is 16.1 Å². The minimum absolute atomic E-state index is 0.0635. The van der Waals surface area contributed by atoms with Crippen LogP contribution in [0, 0.1) is 5.92 Å². The molecule has 0 radical (unpaired) electrons.